The van der Waals surface area contributed by atoms with Crippen molar-refractivity contribution in [2.45, 2.75) is 32.9 Å². The summed E-state index contributed by atoms with van der Waals surface area (Å²) in [6.45, 7) is 6.75. The van der Waals surface area contributed by atoms with Crippen molar-refractivity contribution in [1.82, 2.24) is 14.7 Å². The van der Waals surface area contributed by atoms with Crippen molar-refractivity contribution in [1.29, 1.82) is 0 Å². The number of nitrogens with zero attached hydrogens (tertiary/aromatic N) is 3. The predicted octanol–water partition coefficient (Wildman–Crippen LogP) is 1.73. The Labute approximate surface area is 143 Å². The van der Waals surface area contributed by atoms with Gasteiger partial charge >= 0.3 is 0 Å². The minimum Gasteiger partial charge on any atom is -0.342 e. The zero-order valence-electron chi connectivity index (χ0n) is 14.7. The van der Waals surface area contributed by atoms with Crippen molar-refractivity contribution >= 4 is 11.8 Å². The minimum atomic E-state index is -0.293. The molecule has 1 unspecified atom stereocenters. The van der Waals surface area contributed by atoms with Gasteiger partial charge in [-0.05, 0) is 31.0 Å². The van der Waals surface area contributed by atoms with Gasteiger partial charge in [0, 0.05) is 46.7 Å². The van der Waals surface area contributed by atoms with Gasteiger partial charge in [0.15, 0.2) is 0 Å². The highest BCUT2D eigenvalue weighted by atomic mass is 19.1. The average molecular weight is 335 g/mol. The lowest BCUT2D eigenvalue weighted by atomic mass is 10.2. The Hall–Kier alpha value is -1.95. The molecule has 1 atom stereocenters. The van der Waals surface area contributed by atoms with E-state index in [9.17, 15) is 14.0 Å². The average Bonchev–Trinajstić information content (AvgIpc) is 2.79. The van der Waals surface area contributed by atoms with Crippen LogP contribution in [0.4, 0.5) is 4.39 Å². The maximum atomic E-state index is 13.3. The van der Waals surface area contributed by atoms with Gasteiger partial charge in [0.1, 0.15) is 5.82 Å². The Bertz CT molecular complexity index is 593. The summed E-state index contributed by atoms with van der Waals surface area (Å²) in [6.07, 6.45) is 0.866. The van der Waals surface area contributed by atoms with Crippen LogP contribution < -0.4 is 0 Å². The van der Waals surface area contributed by atoms with Crippen LogP contribution in [0.15, 0.2) is 24.3 Å². The summed E-state index contributed by atoms with van der Waals surface area (Å²) in [7, 11) is 1.74. The molecular formula is C18H26FN3O2. The Morgan fingerprint density at radius 3 is 2.67 bits per heavy atom. The van der Waals surface area contributed by atoms with E-state index in [2.05, 4.69) is 4.90 Å². The molecule has 1 fully saturated rings. The Morgan fingerprint density at radius 2 is 2.00 bits per heavy atom. The molecule has 1 aromatic carbocycles. The second kappa shape index (κ2) is 8.24. The molecule has 24 heavy (non-hydrogen) atoms. The molecule has 6 heteroatoms. The van der Waals surface area contributed by atoms with Crippen molar-refractivity contribution in [3.8, 4) is 0 Å². The first-order valence-corrected chi connectivity index (χ1v) is 8.37. The van der Waals surface area contributed by atoms with Crippen molar-refractivity contribution in [3.05, 3.63) is 35.6 Å². The summed E-state index contributed by atoms with van der Waals surface area (Å²) in [5.74, 6) is -0.201. The highest BCUT2D eigenvalue weighted by Gasteiger charge is 2.26. The number of halogens is 1. The molecule has 1 aliphatic rings. The lowest BCUT2D eigenvalue weighted by Crippen LogP contribution is -2.47. The number of likely N-dealkylation sites (N-methyl/N-ethyl adjacent to an activating group) is 1. The van der Waals surface area contributed by atoms with Gasteiger partial charge in [0.2, 0.25) is 11.8 Å². The minimum absolute atomic E-state index is 0.00976. The van der Waals surface area contributed by atoms with Crippen LogP contribution in [0.25, 0.3) is 0 Å². The maximum Gasteiger partial charge on any atom is 0.239 e. The number of carbonyl (C=O) groups excluding carboxylic acids is 2. The summed E-state index contributed by atoms with van der Waals surface area (Å²) in [6, 6.07) is 6.05. The second-order valence-corrected chi connectivity index (χ2v) is 6.40. The van der Waals surface area contributed by atoms with E-state index in [0.29, 0.717) is 19.6 Å². The van der Waals surface area contributed by atoms with Crippen LogP contribution in [-0.2, 0) is 16.1 Å². The normalized spacial score (nSPS) is 17.2. The van der Waals surface area contributed by atoms with E-state index in [1.54, 1.807) is 24.9 Å². The summed E-state index contributed by atoms with van der Waals surface area (Å²) in [4.78, 5) is 29.7. The maximum absolute atomic E-state index is 13.3. The number of benzene rings is 1. The van der Waals surface area contributed by atoms with Crippen molar-refractivity contribution in [2.24, 2.45) is 0 Å². The molecule has 132 valence electrons. The molecule has 1 aliphatic heterocycles. The lowest BCUT2D eigenvalue weighted by molar-refractivity contribution is -0.135. The highest BCUT2D eigenvalue weighted by Crippen LogP contribution is 2.12. The standard InChI is InChI=1S/C18H26FN3O2/c1-14(21-8-5-9-22(11-10-21)15(2)23)18(24)20(3)13-16-6-4-7-17(19)12-16/h4,6-7,12,14H,5,8-11,13H2,1-3H3. The first-order valence-electron chi connectivity index (χ1n) is 8.37. The molecule has 1 heterocycles. The summed E-state index contributed by atoms with van der Waals surface area (Å²) in [5, 5.41) is 0. The molecule has 0 aliphatic carbocycles. The summed E-state index contributed by atoms with van der Waals surface area (Å²) < 4.78 is 13.3. The van der Waals surface area contributed by atoms with Gasteiger partial charge in [-0.1, -0.05) is 12.1 Å². The van der Waals surface area contributed by atoms with Gasteiger partial charge in [-0.25, -0.2) is 4.39 Å². The van der Waals surface area contributed by atoms with E-state index in [1.807, 2.05) is 17.9 Å². The first-order chi connectivity index (χ1) is 11.4. The Morgan fingerprint density at radius 1 is 1.25 bits per heavy atom. The first kappa shape index (κ1) is 18.4. The molecule has 0 radical (unpaired) electrons. The van der Waals surface area contributed by atoms with E-state index in [0.717, 1.165) is 25.1 Å². The molecule has 0 spiro atoms. The number of carbonyl (C=O) groups is 2. The third-order valence-electron chi connectivity index (χ3n) is 4.57. The van der Waals surface area contributed by atoms with E-state index < -0.39 is 0 Å². The molecular weight excluding hydrogens is 309 g/mol. The van der Waals surface area contributed by atoms with Gasteiger partial charge in [-0.2, -0.15) is 0 Å². The largest absolute Gasteiger partial charge is 0.342 e. The van der Waals surface area contributed by atoms with E-state index in [1.165, 1.54) is 12.1 Å². The predicted molar refractivity (Wildman–Crippen MR) is 90.8 cm³/mol. The molecule has 0 aromatic heterocycles. The van der Waals surface area contributed by atoms with Crippen molar-refractivity contribution in [3.63, 3.8) is 0 Å². The molecule has 0 saturated carbocycles. The van der Waals surface area contributed by atoms with Crippen LogP contribution >= 0.6 is 0 Å². The quantitative estimate of drug-likeness (QED) is 0.842. The lowest BCUT2D eigenvalue weighted by Gasteiger charge is -2.30. The number of hydrogen-bond acceptors (Lipinski definition) is 3. The molecule has 2 rings (SSSR count). The third-order valence-corrected chi connectivity index (χ3v) is 4.57. The SMILES string of the molecule is CC(=O)N1CCCN(C(C)C(=O)N(C)Cc2cccc(F)c2)CC1. The fraction of sp³-hybridized carbons (Fsp3) is 0.556. The number of amides is 2. The Balaban J connectivity index is 1.94. The van der Waals surface area contributed by atoms with E-state index in [-0.39, 0.29) is 23.7 Å². The topological polar surface area (TPSA) is 43.9 Å². The molecule has 1 aromatic rings. The van der Waals surface area contributed by atoms with Crippen LogP contribution in [0, 0.1) is 5.82 Å². The van der Waals surface area contributed by atoms with Gasteiger partial charge in [-0.3, -0.25) is 14.5 Å². The molecule has 0 bridgehead atoms. The number of rotatable bonds is 4. The molecule has 5 nitrogen and oxygen atoms in total. The van der Waals surface area contributed by atoms with Crippen LogP contribution in [0.3, 0.4) is 0 Å². The third kappa shape index (κ3) is 4.77. The van der Waals surface area contributed by atoms with Crippen LogP contribution in [0.1, 0.15) is 25.8 Å². The van der Waals surface area contributed by atoms with Gasteiger partial charge in [-0.15, -0.1) is 0 Å². The number of hydrogen-bond donors (Lipinski definition) is 0. The highest BCUT2D eigenvalue weighted by molar-refractivity contribution is 5.81. The van der Waals surface area contributed by atoms with E-state index >= 15 is 0 Å². The summed E-state index contributed by atoms with van der Waals surface area (Å²) in [5.41, 5.74) is 0.775. The monoisotopic (exact) mass is 335 g/mol. The fourth-order valence-corrected chi connectivity index (χ4v) is 3.10. The zero-order chi connectivity index (χ0) is 17.7. The van der Waals surface area contributed by atoms with Gasteiger partial charge < -0.3 is 9.80 Å². The van der Waals surface area contributed by atoms with Crippen molar-refractivity contribution < 1.29 is 14.0 Å². The second-order valence-electron chi connectivity index (χ2n) is 6.40. The van der Waals surface area contributed by atoms with Crippen LogP contribution in [-0.4, -0.2) is 65.8 Å². The van der Waals surface area contributed by atoms with Crippen LogP contribution in [0.2, 0.25) is 0 Å². The molecule has 2 amide bonds. The van der Waals surface area contributed by atoms with Crippen LogP contribution in [0.5, 0.6) is 0 Å². The summed E-state index contributed by atoms with van der Waals surface area (Å²) >= 11 is 0. The molecule has 0 N–H and O–H groups in total. The van der Waals surface area contributed by atoms with Gasteiger partial charge in [0.25, 0.3) is 0 Å². The van der Waals surface area contributed by atoms with Gasteiger partial charge in [0.05, 0.1) is 6.04 Å². The smallest absolute Gasteiger partial charge is 0.239 e. The zero-order valence-corrected chi connectivity index (χ0v) is 14.7. The van der Waals surface area contributed by atoms with Crippen molar-refractivity contribution in [2.75, 3.05) is 33.2 Å². The van der Waals surface area contributed by atoms with E-state index in [4.69, 9.17) is 0 Å². The molecule has 1 saturated heterocycles. The fourth-order valence-electron chi connectivity index (χ4n) is 3.10. The Kier molecular flexibility index (Phi) is 6.31.